The molecule has 1 amide bonds. The molecule has 2 aromatic heterocycles. The van der Waals surface area contributed by atoms with Crippen LogP contribution in [0.1, 0.15) is 5.56 Å². The smallest absolute Gasteiger partial charge is 0.231 e. The second-order valence-electron chi connectivity index (χ2n) is 5.86. The highest BCUT2D eigenvalue weighted by Gasteiger charge is 2.15. The first-order valence-electron chi connectivity index (χ1n) is 8.28. The molecule has 3 aromatic rings. The molecule has 1 aliphatic rings. The highest BCUT2D eigenvalue weighted by molar-refractivity contribution is 7.99. The second-order valence-corrected chi connectivity index (χ2v) is 6.80. The fourth-order valence-corrected chi connectivity index (χ4v) is 3.36. The minimum Gasteiger partial charge on any atom is -0.454 e. The van der Waals surface area contributed by atoms with Gasteiger partial charge in [-0.3, -0.25) is 9.78 Å². The van der Waals surface area contributed by atoms with Crippen LogP contribution in [-0.2, 0) is 18.4 Å². The van der Waals surface area contributed by atoms with Crippen LogP contribution in [-0.4, -0.2) is 38.2 Å². The van der Waals surface area contributed by atoms with E-state index in [9.17, 15) is 4.79 Å². The van der Waals surface area contributed by atoms with E-state index in [0.717, 1.165) is 16.9 Å². The summed E-state index contributed by atoms with van der Waals surface area (Å²) >= 11 is 1.34. The molecule has 1 aromatic carbocycles. The van der Waals surface area contributed by atoms with E-state index in [1.165, 1.54) is 11.8 Å². The Bertz CT molecular complexity index is 961. The molecule has 9 heteroatoms. The molecule has 4 rings (SSSR count). The summed E-state index contributed by atoms with van der Waals surface area (Å²) in [6, 6.07) is 9.39. The van der Waals surface area contributed by atoms with Gasteiger partial charge in [0.1, 0.15) is 0 Å². The number of amides is 1. The molecular weight excluding hydrogens is 366 g/mol. The quantitative estimate of drug-likeness (QED) is 0.651. The number of ether oxygens (including phenoxy) is 2. The van der Waals surface area contributed by atoms with E-state index >= 15 is 0 Å². The number of aromatic nitrogens is 4. The molecule has 0 saturated carbocycles. The van der Waals surface area contributed by atoms with Crippen LogP contribution in [0.2, 0.25) is 0 Å². The average Bonchev–Trinajstić information content (AvgIpc) is 3.31. The third kappa shape index (κ3) is 3.87. The van der Waals surface area contributed by atoms with Gasteiger partial charge in [-0.2, -0.15) is 0 Å². The molecule has 8 nitrogen and oxygen atoms in total. The largest absolute Gasteiger partial charge is 0.454 e. The maximum absolute atomic E-state index is 12.2. The number of carbonyl (C=O) groups excluding carboxylic acids is 1. The molecule has 1 aliphatic heterocycles. The number of fused-ring (bicyclic) bond motifs is 1. The molecule has 138 valence electrons. The molecule has 1 N–H and O–H groups in total. The zero-order valence-electron chi connectivity index (χ0n) is 14.6. The minimum absolute atomic E-state index is 0.0800. The summed E-state index contributed by atoms with van der Waals surface area (Å²) in [5.74, 6) is 2.32. The third-order valence-electron chi connectivity index (χ3n) is 4.01. The number of nitrogens with one attached hydrogen (secondary N) is 1. The Balaban J connectivity index is 1.31. The van der Waals surface area contributed by atoms with Crippen molar-refractivity contribution in [3.05, 3.63) is 48.3 Å². The molecule has 0 saturated heterocycles. The van der Waals surface area contributed by atoms with Gasteiger partial charge >= 0.3 is 0 Å². The average molecular weight is 383 g/mol. The number of carbonyl (C=O) groups is 1. The summed E-state index contributed by atoms with van der Waals surface area (Å²) in [6.45, 7) is 0.663. The maximum atomic E-state index is 12.2. The van der Waals surface area contributed by atoms with Crippen LogP contribution in [0, 0.1) is 0 Å². The van der Waals surface area contributed by atoms with Crippen LogP contribution >= 0.6 is 11.8 Å². The van der Waals surface area contributed by atoms with Gasteiger partial charge in [0.2, 0.25) is 12.7 Å². The standard InChI is InChI=1S/C18H17N5O3S/c1-23-17(13-3-2-6-19-9-13)21-22-18(23)27-10-16(24)20-8-12-4-5-14-15(7-12)26-11-25-14/h2-7,9H,8,10-11H2,1H3,(H,20,24). The zero-order chi connectivity index (χ0) is 18.6. The third-order valence-corrected chi connectivity index (χ3v) is 5.03. The lowest BCUT2D eigenvalue weighted by Crippen LogP contribution is -2.24. The van der Waals surface area contributed by atoms with E-state index in [-0.39, 0.29) is 18.5 Å². The van der Waals surface area contributed by atoms with Gasteiger partial charge in [0.15, 0.2) is 22.5 Å². The van der Waals surface area contributed by atoms with E-state index in [1.807, 2.05) is 41.9 Å². The summed E-state index contributed by atoms with van der Waals surface area (Å²) in [7, 11) is 1.87. The van der Waals surface area contributed by atoms with Gasteiger partial charge in [0, 0.05) is 31.5 Å². The van der Waals surface area contributed by atoms with Crippen molar-refractivity contribution in [3.63, 3.8) is 0 Å². The second kappa shape index (κ2) is 7.67. The molecule has 27 heavy (non-hydrogen) atoms. The first kappa shape index (κ1) is 17.3. The number of benzene rings is 1. The number of thioether (sulfide) groups is 1. The number of hydrogen-bond donors (Lipinski definition) is 1. The summed E-state index contributed by atoms with van der Waals surface area (Å²) in [4.78, 5) is 16.2. The summed E-state index contributed by atoms with van der Waals surface area (Å²) < 4.78 is 12.5. The lowest BCUT2D eigenvalue weighted by atomic mass is 10.2. The highest BCUT2D eigenvalue weighted by atomic mass is 32.2. The first-order chi connectivity index (χ1) is 13.2. The van der Waals surface area contributed by atoms with Crippen molar-refractivity contribution in [2.75, 3.05) is 12.5 Å². The van der Waals surface area contributed by atoms with E-state index in [4.69, 9.17) is 9.47 Å². The summed E-state index contributed by atoms with van der Waals surface area (Å²) in [5.41, 5.74) is 1.83. The van der Waals surface area contributed by atoms with Crippen LogP contribution in [0.25, 0.3) is 11.4 Å². The Morgan fingerprint density at radius 3 is 3.00 bits per heavy atom. The predicted molar refractivity (Wildman–Crippen MR) is 99.4 cm³/mol. The van der Waals surface area contributed by atoms with Gasteiger partial charge in [-0.25, -0.2) is 0 Å². The van der Waals surface area contributed by atoms with Crippen LogP contribution < -0.4 is 14.8 Å². The van der Waals surface area contributed by atoms with Crippen molar-refractivity contribution in [3.8, 4) is 22.9 Å². The molecule has 0 atom stereocenters. The Morgan fingerprint density at radius 1 is 1.26 bits per heavy atom. The SMILES string of the molecule is Cn1c(SCC(=O)NCc2ccc3c(c2)OCO3)nnc1-c1cccnc1. The normalized spacial score (nSPS) is 12.2. The van der Waals surface area contributed by atoms with Gasteiger partial charge in [0.25, 0.3) is 0 Å². The monoisotopic (exact) mass is 383 g/mol. The van der Waals surface area contributed by atoms with Gasteiger partial charge in [0.05, 0.1) is 5.75 Å². The Kier molecular flexibility index (Phi) is 4.93. The fourth-order valence-electron chi connectivity index (χ4n) is 2.62. The molecule has 0 radical (unpaired) electrons. The van der Waals surface area contributed by atoms with Gasteiger partial charge in [-0.1, -0.05) is 17.8 Å². The van der Waals surface area contributed by atoms with Crippen molar-refractivity contribution < 1.29 is 14.3 Å². The molecule has 0 spiro atoms. The zero-order valence-corrected chi connectivity index (χ0v) is 15.4. The van der Waals surface area contributed by atoms with E-state index in [1.54, 1.807) is 12.4 Å². The van der Waals surface area contributed by atoms with Crippen molar-refractivity contribution in [2.24, 2.45) is 7.05 Å². The molecular formula is C18H17N5O3S. The number of pyridine rings is 1. The fraction of sp³-hybridized carbons (Fsp3) is 0.222. The molecule has 0 fully saturated rings. The number of rotatable bonds is 6. The van der Waals surface area contributed by atoms with E-state index in [2.05, 4.69) is 20.5 Å². The summed E-state index contributed by atoms with van der Waals surface area (Å²) in [5, 5.41) is 11.9. The van der Waals surface area contributed by atoms with Gasteiger partial charge < -0.3 is 19.4 Å². The number of hydrogen-bond acceptors (Lipinski definition) is 7. The van der Waals surface area contributed by atoms with Crippen LogP contribution in [0.3, 0.4) is 0 Å². The summed E-state index contributed by atoms with van der Waals surface area (Å²) in [6.07, 6.45) is 3.44. The maximum Gasteiger partial charge on any atom is 0.231 e. The molecule has 0 unspecified atom stereocenters. The minimum atomic E-state index is -0.0800. The molecule has 3 heterocycles. The van der Waals surface area contributed by atoms with Crippen LogP contribution in [0.4, 0.5) is 0 Å². The Labute approximate surface area is 159 Å². The molecule has 0 bridgehead atoms. The predicted octanol–water partition coefficient (Wildman–Crippen LogP) is 2.01. The van der Waals surface area contributed by atoms with Gasteiger partial charge in [-0.05, 0) is 29.8 Å². The Morgan fingerprint density at radius 2 is 2.15 bits per heavy atom. The van der Waals surface area contributed by atoms with Crippen molar-refractivity contribution in [2.45, 2.75) is 11.7 Å². The topological polar surface area (TPSA) is 91.2 Å². The van der Waals surface area contributed by atoms with Crippen LogP contribution in [0.5, 0.6) is 11.5 Å². The van der Waals surface area contributed by atoms with Crippen molar-refractivity contribution in [1.82, 2.24) is 25.1 Å². The van der Waals surface area contributed by atoms with Crippen molar-refractivity contribution >= 4 is 17.7 Å². The van der Waals surface area contributed by atoms with Gasteiger partial charge in [-0.15, -0.1) is 10.2 Å². The molecule has 0 aliphatic carbocycles. The number of nitrogens with zero attached hydrogens (tertiary/aromatic N) is 4. The van der Waals surface area contributed by atoms with Crippen molar-refractivity contribution in [1.29, 1.82) is 0 Å². The highest BCUT2D eigenvalue weighted by Crippen LogP contribution is 2.32. The van der Waals surface area contributed by atoms with E-state index in [0.29, 0.717) is 23.3 Å². The Hall–Kier alpha value is -3.07. The van der Waals surface area contributed by atoms with Crippen LogP contribution in [0.15, 0.2) is 47.9 Å². The first-order valence-corrected chi connectivity index (χ1v) is 9.27. The van der Waals surface area contributed by atoms with E-state index < -0.39 is 0 Å². The lowest BCUT2D eigenvalue weighted by molar-refractivity contribution is -0.118. The lowest BCUT2D eigenvalue weighted by Gasteiger charge is -2.06.